The maximum Gasteiger partial charge on any atom is 0.249 e. The molecule has 0 aromatic rings. The number of rotatable bonds is 8. The van der Waals surface area contributed by atoms with Crippen molar-refractivity contribution in [1.29, 1.82) is 0 Å². The lowest BCUT2D eigenvalue weighted by Crippen LogP contribution is -2.39. The number of hydrogen-bond donors (Lipinski definition) is 2. The van der Waals surface area contributed by atoms with Crippen LogP contribution < -0.4 is 11.3 Å². The Morgan fingerprint density at radius 1 is 1.50 bits per heavy atom. The van der Waals surface area contributed by atoms with Crippen molar-refractivity contribution >= 4 is 17.7 Å². The molecule has 5 nitrogen and oxygen atoms in total. The molecule has 0 aromatic heterocycles. The molecule has 0 saturated carbocycles. The molecule has 0 spiro atoms. The molecule has 0 aliphatic rings. The van der Waals surface area contributed by atoms with Gasteiger partial charge in [-0.15, -0.1) is 11.8 Å². The molecule has 84 valence electrons. The third-order valence-electron chi connectivity index (χ3n) is 1.56. The van der Waals surface area contributed by atoms with Crippen molar-refractivity contribution in [3.63, 3.8) is 0 Å². The van der Waals surface area contributed by atoms with Gasteiger partial charge in [0.2, 0.25) is 5.91 Å². The van der Waals surface area contributed by atoms with Gasteiger partial charge in [0.05, 0.1) is 6.61 Å². The fourth-order valence-corrected chi connectivity index (χ4v) is 1.89. The molecule has 14 heavy (non-hydrogen) atoms. The van der Waals surface area contributed by atoms with Crippen molar-refractivity contribution in [1.82, 2.24) is 5.43 Å². The van der Waals surface area contributed by atoms with Gasteiger partial charge in [-0.3, -0.25) is 10.2 Å². The lowest BCUT2D eigenvalue weighted by molar-refractivity contribution is -0.121. The molecule has 0 heterocycles. The van der Waals surface area contributed by atoms with Crippen LogP contribution >= 0.6 is 11.8 Å². The summed E-state index contributed by atoms with van der Waals surface area (Å²) in [5.41, 5.74) is 2.12. The van der Waals surface area contributed by atoms with Crippen LogP contribution in [0.15, 0.2) is 0 Å². The van der Waals surface area contributed by atoms with E-state index < -0.39 is 0 Å². The Hall–Kier alpha value is -0.300. The molecule has 0 aliphatic carbocycles. The Morgan fingerprint density at radius 2 is 2.21 bits per heavy atom. The fraction of sp³-hybridized carbons (Fsp3) is 0.875. The van der Waals surface area contributed by atoms with Gasteiger partial charge in [-0.05, 0) is 12.2 Å². The van der Waals surface area contributed by atoms with Gasteiger partial charge in [-0.2, -0.15) is 0 Å². The lowest BCUT2D eigenvalue weighted by atomic mass is 10.4. The van der Waals surface area contributed by atoms with Gasteiger partial charge < -0.3 is 9.47 Å². The number of nitrogens with one attached hydrogen (secondary N) is 1. The number of carbonyl (C=O) groups excluding carboxylic acids is 1. The minimum absolute atomic E-state index is 0.200. The monoisotopic (exact) mass is 222 g/mol. The number of hydrogen-bond acceptors (Lipinski definition) is 5. The average Bonchev–Trinajstić information content (AvgIpc) is 2.21. The van der Waals surface area contributed by atoms with Gasteiger partial charge in [-0.25, -0.2) is 5.84 Å². The SMILES string of the molecule is COCCCSC(COC)C(=O)NN. The maximum absolute atomic E-state index is 11.2. The summed E-state index contributed by atoms with van der Waals surface area (Å²) < 4.78 is 9.82. The van der Waals surface area contributed by atoms with Gasteiger partial charge in [0, 0.05) is 20.8 Å². The lowest BCUT2D eigenvalue weighted by Gasteiger charge is -2.13. The minimum atomic E-state index is -0.234. The molecule has 0 fully saturated rings. The van der Waals surface area contributed by atoms with Crippen molar-refractivity contribution in [2.75, 3.05) is 33.2 Å². The largest absolute Gasteiger partial charge is 0.385 e. The van der Waals surface area contributed by atoms with Crippen LogP contribution in [0.5, 0.6) is 0 Å². The molecule has 0 radical (unpaired) electrons. The number of nitrogens with two attached hydrogens (primary N) is 1. The maximum atomic E-state index is 11.2. The first kappa shape index (κ1) is 13.7. The van der Waals surface area contributed by atoms with Gasteiger partial charge >= 0.3 is 0 Å². The van der Waals surface area contributed by atoms with Crippen molar-refractivity contribution < 1.29 is 14.3 Å². The number of ether oxygens (including phenoxy) is 2. The molecule has 1 amide bonds. The molecule has 3 N–H and O–H groups in total. The van der Waals surface area contributed by atoms with E-state index in [1.807, 2.05) is 0 Å². The van der Waals surface area contributed by atoms with Gasteiger partial charge in [0.25, 0.3) is 0 Å². The summed E-state index contributed by atoms with van der Waals surface area (Å²) in [6.07, 6.45) is 0.916. The molecule has 6 heteroatoms. The van der Waals surface area contributed by atoms with Crippen LogP contribution in [0.1, 0.15) is 6.42 Å². The van der Waals surface area contributed by atoms with E-state index in [1.54, 1.807) is 14.2 Å². The summed E-state index contributed by atoms with van der Waals surface area (Å²) >= 11 is 1.52. The zero-order valence-electron chi connectivity index (χ0n) is 8.62. The van der Waals surface area contributed by atoms with Gasteiger partial charge in [0.1, 0.15) is 5.25 Å². The topological polar surface area (TPSA) is 73.6 Å². The minimum Gasteiger partial charge on any atom is -0.385 e. The molecule has 1 unspecified atom stereocenters. The summed E-state index contributed by atoms with van der Waals surface area (Å²) in [5.74, 6) is 5.70. The summed E-state index contributed by atoms with van der Waals surface area (Å²) in [4.78, 5) is 11.2. The van der Waals surface area contributed by atoms with Gasteiger partial charge in [0.15, 0.2) is 0 Å². The highest BCUT2D eigenvalue weighted by Gasteiger charge is 2.17. The number of hydrazine groups is 1. The highest BCUT2D eigenvalue weighted by atomic mass is 32.2. The number of amides is 1. The van der Waals surface area contributed by atoms with Crippen LogP contribution in [0.3, 0.4) is 0 Å². The standard InChI is InChI=1S/C8H18N2O3S/c1-12-4-3-5-14-7(6-13-2)8(11)10-9/h7H,3-6,9H2,1-2H3,(H,10,11). The van der Waals surface area contributed by atoms with E-state index >= 15 is 0 Å². The van der Waals surface area contributed by atoms with Crippen LogP contribution in [0.2, 0.25) is 0 Å². The quantitative estimate of drug-likeness (QED) is 0.257. The first-order valence-electron chi connectivity index (χ1n) is 4.36. The predicted octanol–water partition coefficient (Wildman–Crippen LogP) is -0.239. The van der Waals surface area contributed by atoms with Crippen LogP contribution in [0.25, 0.3) is 0 Å². The van der Waals surface area contributed by atoms with Crippen molar-refractivity contribution in [2.24, 2.45) is 5.84 Å². The highest BCUT2D eigenvalue weighted by Crippen LogP contribution is 2.12. The van der Waals surface area contributed by atoms with E-state index in [0.29, 0.717) is 13.2 Å². The van der Waals surface area contributed by atoms with Crippen LogP contribution in [0.4, 0.5) is 0 Å². The van der Waals surface area contributed by atoms with E-state index in [9.17, 15) is 4.79 Å². The average molecular weight is 222 g/mol. The Kier molecular flexibility index (Phi) is 9.06. The smallest absolute Gasteiger partial charge is 0.249 e. The second kappa shape index (κ2) is 9.26. The third-order valence-corrected chi connectivity index (χ3v) is 2.84. The highest BCUT2D eigenvalue weighted by molar-refractivity contribution is 8.00. The molecule has 1 atom stereocenters. The third kappa shape index (κ3) is 6.20. The van der Waals surface area contributed by atoms with Crippen molar-refractivity contribution in [3.8, 4) is 0 Å². The second-order valence-electron chi connectivity index (χ2n) is 2.67. The molecular formula is C8H18N2O3S. The van der Waals surface area contributed by atoms with Gasteiger partial charge in [-0.1, -0.05) is 0 Å². The molecule has 0 rings (SSSR count). The molecule has 0 bridgehead atoms. The second-order valence-corrected chi connectivity index (χ2v) is 3.98. The molecular weight excluding hydrogens is 204 g/mol. The normalized spacial score (nSPS) is 12.5. The Morgan fingerprint density at radius 3 is 2.71 bits per heavy atom. The van der Waals surface area contributed by atoms with Crippen molar-refractivity contribution in [3.05, 3.63) is 0 Å². The summed E-state index contributed by atoms with van der Waals surface area (Å²) in [5, 5.41) is -0.234. The predicted molar refractivity (Wildman–Crippen MR) is 56.9 cm³/mol. The van der Waals surface area contributed by atoms with E-state index in [2.05, 4.69) is 5.43 Å². The number of thioether (sulfide) groups is 1. The van der Waals surface area contributed by atoms with Crippen LogP contribution in [-0.2, 0) is 14.3 Å². The first-order chi connectivity index (χ1) is 6.76. The van der Waals surface area contributed by atoms with Crippen LogP contribution in [-0.4, -0.2) is 44.3 Å². The van der Waals surface area contributed by atoms with E-state index in [4.69, 9.17) is 15.3 Å². The summed E-state index contributed by atoms with van der Waals surface area (Å²) in [6.45, 7) is 1.08. The number of methoxy groups -OCH3 is 2. The zero-order chi connectivity index (χ0) is 10.8. The van der Waals surface area contributed by atoms with E-state index in [1.165, 1.54) is 11.8 Å². The molecule has 0 aliphatic heterocycles. The Balaban J connectivity index is 3.67. The summed E-state index contributed by atoms with van der Waals surface area (Å²) in [7, 11) is 3.22. The molecule has 0 saturated heterocycles. The number of carbonyl (C=O) groups is 1. The van der Waals surface area contributed by atoms with Crippen molar-refractivity contribution in [2.45, 2.75) is 11.7 Å². The summed E-state index contributed by atoms with van der Waals surface area (Å²) in [6, 6.07) is 0. The Bertz CT molecular complexity index is 158. The van der Waals surface area contributed by atoms with E-state index in [-0.39, 0.29) is 11.2 Å². The van der Waals surface area contributed by atoms with Crippen LogP contribution in [0, 0.1) is 0 Å². The first-order valence-corrected chi connectivity index (χ1v) is 5.41. The fourth-order valence-electron chi connectivity index (χ4n) is 0.873. The zero-order valence-corrected chi connectivity index (χ0v) is 9.43. The van der Waals surface area contributed by atoms with E-state index in [0.717, 1.165) is 12.2 Å². The molecule has 0 aromatic carbocycles. The Labute approximate surface area is 88.7 Å².